The molecule has 0 bridgehead atoms. The maximum atomic E-state index is 12.7. The van der Waals surface area contributed by atoms with Gasteiger partial charge in [0.1, 0.15) is 5.75 Å². The van der Waals surface area contributed by atoms with E-state index in [0.29, 0.717) is 6.42 Å². The van der Waals surface area contributed by atoms with Crippen molar-refractivity contribution < 1.29 is 9.53 Å². The molecule has 0 saturated carbocycles. The van der Waals surface area contributed by atoms with Gasteiger partial charge >= 0.3 is 0 Å². The summed E-state index contributed by atoms with van der Waals surface area (Å²) in [6.07, 6.45) is 4.15. The predicted molar refractivity (Wildman–Crippen MR) is 118 cm³/mol. The number of rotatable bonds is 6. The van der Waals surface area contributed by atoms with Crippen molar-refractivity contribution in [3.63, 3.8) is 0 Å². The van der Waals surface area contributed by atoms with Crippen LogP contribution in [0.15, 0.2) is 73.1 Å². The average Bonchev–Trinajstić information content (AvgIpc) is 2.81. The van der Waals surface area contributed by atoms with Gasteiger partial charge in [-0.1, -0.05) is 42.5 Å². The smallest absolute Gasteiger partial charge is 0.227 e. The number of methoxy groups -OCH3 is 1. The molecule has 5 nitrogen and oxygen atoms in total. The molecule has 1 fully saturated rings. The second kappa shape index (κ2) is 9.55. The van der Waals surface area contributed by atoms with Gasteiger partial charge in [0.2, 0.25) is 5.91 Å². The summed E-state index contributed by atoms with van der Waals surface area (Å²) in [5.41, 5.74) is 4.68. The Hall–Kier alpha value is -3.18. The molecule has 30 heavy (non-hydrogen) atoms. The van der Waals surface area contributed by atoms with Crippen molar-refractivity contribution in [3.05, 3.63) is 84.2 Å². The number of aromatic nitrogens is 1. The van der Waals surface area contributed by atoms with Gasteiger partial charge in [-0.2, -0.15) is 0 Å². The monoisotopic (exact) mass is 401 g/mol. The number of amides is 1. The summed E-state index contributed by atoms with van der Waals surface area (Å²) in [5, 5.41) is 0. The summed E-state index contributed by atoms with van der Waals surface area (Å²) in [5.74, 6) is 1.00. The number of nitrogens with zero attached hydrogens (tertiary/aromatic N) is 3. The Balaban J connectivity index is 1.33. The highest BCUT2D eigenvalue weighted by molar-refractivity contribution is 5.79. The first kappa shape index (κ1) is 20.1. The molecule has 5 heteroatoms. The lowest BCUT2D eigenvalue weighted by molar-refractivity contribution is -0.132. The number of carbonyl (C=O) groups is 1. The van der Waals surface area contributed by atoms with Crippen LogP contribution in [-0.4, -0.2) is 54.0 Å². The first-order valence-electron chi connectivity index (χ1n) is 10.3. The van der Waals surface area contributed by atoms with Gasteiger partial charge in [-0.3, -0.25) is 14.7 Å². The van der Waals surface area contributed by atoms with Crippen LogP contribution in [0.3, 0.4) is 0 Å². The van der Waals surface area contributed by atoms with Crippen molar-refractivity contribution in [2.24, 2.45) is 0 Å². The number of benzene rings is 2. The number of hydrogen-bond donors (Lipinski definition) is 0. The number of ether oxygens (including phenoxy) is 1. The van der Waals surface area contributed by atoms with Crippen molar-refractivity contribution in [2.75, 3.05) is 33.3 Å². The van der Waals surface area contributed by atoms with Crippen LogP contribution in [0.1, 0.15) is 11.1 Å². The van der Waals surface area contributed by atoms with Crippen LogP contribution in [0.2, 0.25) is 0 Å². The van der Waals surface area contributed by atoms with Crippen LogP contribution < -0.4 is 4.74 Å². The zero-order chi connectivity index (χ0) is 20.8. The second-order valence-corrected chi connectivity index (χ2v) is 7.58. The summed E-state index contributed by atoms with van der Waals surface area (Å²) < 4.78 is 5.18. The van der Waals surface area contributed by atoms with E-state index in [2.05, 4.69) is 40.2 Å². The van der Waals surface area contributed by atoms with E-state index in [4.69, 9.17) is 4.74 Å². The van der Waals surface area contributed by atoms with Gasteiger partial charge in [0.25, 0.3) is 0 Å². The molecule has 1 amide bonds. The van der Waals surface area contributed by atoms with Crippen LogP contribution in [0.25, 0.3) is 11.1 Å². The van der Waals surface area contributed by atoms with E-state index in [1.807, 2.05) is 41.4 Å². The van der Waals surface area contributed by atoms with E-state index in [-0.39, 0.29) is 5.91 Å². The number of piperazine rings is 1. The Morgan fingerprint density at radius 2 is 1.73 bits per heavy atom. The quantitative estimate of drug-likeness (QED) is 0.633. The van der Waals surface area contributed by atoms with Crippen molar-refractivity contribution >= 4 is 5.91 Å². The maximum absolute atomic E-state index is 12.7. The molecule has 154 valence electrons. The molecule has 0 N–H and O–H groups in total. The number of hydrogen-bond acceptors (Lipinski definition) is 4. The lowest BCUT2D eigenvalue weighted by Gasteiger charge is -2.35. The highest BCUT2D eigenvalue weighted by Gasteiger charge is 2.22. The van der Waals surface area contributed by atoms with Gasteiger partial charge in [-0.25, -0.2) is 0 Å². The Labute approximate surface area is 177 Å². The molecular formula is C25H27N3O2. The largest absolute Gasteiger partial charge is 0.497 e. The number of pyridine rings is 1. The van der Waals surface area contributed by atoms with Gasteiger partial charge in [0.05, 0.1) is 13.5 Å². The zero-order valence-electron chi connectivity index (χ0n) is 17.3. The molecule has 2 heterocycles. The summed E-state index contributed by atoms with van der Waals surface area (Å²) in [6.45, 7) is 4.19. The zero-order valence-corrected chi connectivity index (χ0v) is 17.3. The highest BCUT2D eigenvalue weighted by atomic mass is 16.5. The lowest BCUT2D eigenvalue weighted by atomic mass is 10.0. The molecule has 0 atom stereocenters. The Bertz CT molecular complexity index is 965. The molecule has 0 radical (unpaired) electrons. The van der Waals surface area contributed by atoms with E-state index in [1.165, 1.54) is 11.1 Å². The highest BCUT2D eigenvalue weighted by Crippen LogP contribution is 2.24. The minimum Gasteiger partial charge on any atom is -0.497 e. The van der Waals surface area contributed by atoms with Crippen molar-refractivity contribution in [3.8, 4) is 16.9 Å². The number of carbonyl (C=O) groups excluding carboxylic acids is 1. The van der Waals surface area contributed by atoms with E-state index >= 15 is 0 Å². The Morgan fingerprint density at radius 3 is 2.43 bits per heavy atom. The first-order valence-corrected chi connectivity index (χ1v) is 10.3. The molecule has 2 aromatic carbocycles. The van der Waals surface area contributed by atoms with Gasteiger partial charge in [-0.05, 0) is 34.9 Å². The summed E-state index contributed by atoms with van der Waals surface area (Å²) >= 11 is 0. The SMILES string of the molecule is COc1ccc(CC(=O)N2CCN(Cc3ccccc3-c3cccnc3)CC2)cc1. The summed E-state index contributed by atoms with van der Waals surface area (Å²) in [7, 11) is 1.65. The van der Waals surface area contributed by atoms with Crippen molar-refractivity contribution in [2.45, 2.75) is 13.0 Å². The van der Waals surface area contributed by atoms with Crippen molar-refractivity contribution in [1.82, 2.24) is 14.8 Å². The molecule has 4 rings (SSSR count). The van der Waals surface area contributed by atoms with Crippen LogP contribution >= 0.6 is 0 Å². The first-order chi connectivity index (χ1) is 14.7. The fraction of sp³-hybridized carbons (Fsp3) is 0.280. The third kappa shape index (κ3) is 4.86. The van der Waals surface area contributed by atoms with Gasteiger partial charge < -0.3 is 9.64 Å². The third-order valence-corrected chi connectivity index (χ3v) is 5.62. The molecule has 1 aliphatic heterocycles. The Kier molecular flexibility index (Phi) is 6.40. The van der Waals surface area contributed by atoms with E-state index < -0.39 is 0 Å². The van der Waals surface area contributed by atoms with Gasteiger partial charge in [0, 0.05) is 50.7 Å². The standard InChI is InChI=1S/C25H27N3O2/c1-30-23-10-8-20(9-11-23)17-25(29)28-15-13-27(14-16-28)19-22-5-2-3-7-24(22)21-6-4-12-26-18-21/h2-12,18H,13-17,19H2,1H3. The van der Waals surface area contributed by atoms with Crippen LogP contribution in [0.5, 0.6) is 5.75 Å². The van der Waals surface area contributed by atoms with Gasteiger partial charge in [0.15, 0.2) is 0 Å². The molecular weight excluding hydrogens is 374 g/mol. The normalized spacial score (nSPS) is 14.5. The molecule has 0 spiro atoms. The Morgan fingerprint density at radius 1 is 0.967 bits per heavy atom. The summed E-state index contributed by atoms with van der Waals surface area (Å²) in [6, 6.07) is 20.3. The van der Waals surface area contributed by atoms with Crippen molar-refractivity contribution in [1.29, 1.82) is 0 Å². The average molecular weight is 402 g/mol. The fourth-order valence-corrected chi connectivity index (χ4v) is 3.89. The minimum absolute atomic E-state index is 0.190. The lowest BCUT2D eigenvalue weighted by Crippen LogP contribution is -2.48. The van der Waals surface area contributed by atoms with Crippen LogP contribution in [-0.2, 0) is 17.8 Å². The predicted octanol–water partition coefficient (Wildman–Crippen LogP) is 3.64. The van der Waals surface area contributed by atoms with E-state index in [0.717, 1.165) is 49.6 Å². The second-order valence-electron chi connectivity index (χ2n) is 7.58. The minimum atomic E-state index is 0.190. The molecule has 1 aromatic heterocycles. The molecule has 1 aliphatic rings. The van der Waals surface area contributed by atoms with Crippen LogP contribution in [0, 0.1) is 0 Å². The van der Waals surface area contributed by atoms with E-state index in [9.17, 15) is 4.79 Å². The van der Waals surface area contributed by atoms with Gasteiger partial charge in [-0.15, -0.1) is 0 Å². The maximum Gasteiger partial charge on any atom is 0.227 e. The molecule has 1 saturated heterocycles. The van der Waals surface area contributed by atoms with Crippen LogP contribution in [0.4, 0.5) is 0 Å². The molecule has 0 aliphatic carbocycles. The molecule has 0 unspecified atom stereocenters. The summed E-state index contributed by atoms with van der Waals surface area (Å²) in [4.78, 5) is 21.4. The topological polar surface area (TPSA) is 45.7 Å². The third-order valence-electron chi connectivity index (χ3n) is 5.62. The molecule has 3 aromatic rings. The fourth-order valence-electron chi connectivity index (χ4n) is 3.89. The van der Waals surface area contributed by atoms with E-state index in [1.54, 1.807) is 13.3 Å².